The Bertz CT molecular complexity index is 722. The number of nitrogens with zero attached hydrogens (tertiary/aromatic N) is 2. The van der Waals surface area contributed by atoms with Gasteiger partial charge in [0.15, 0.2) is 0 Å². The summed E-state index contributed by atoms with van der Waals surface area (Å²) in [5.74, 6) is 1.65. The molecule has 0 amide bonds. The van der Waals surface area contributed by atoms with Crippen LogP contribution >= 0.6 is 12.2 Å². The molecule has 0 radical (unpaired) electrons. The highest BCUT2D eigenvalue weighted by atomic mass is 32.1. The zero-order valence-corrected chi connectivity index (χ0v) is 16.5. The highest BCUT2D eigenvalue weighted by Gasteiger charge is 2.22. The van der Waals surface area contributed by atoms with Crippen molar-refractivity contribution in [3.8, 4) is 11.3 Å². The van der Waals surface area contributed by atoms with E-state index in [1.807, 2.05) is 24.3 Å². The first-order valence-corrected chi connectivity index (χ1v) is 10.3. The molecular formula is C23H28N2S. The third-order valence-electron chi connectivity index (χ3n) is 5.66. The van der Waals surface area contributed by atoms with Gasteiger partial charge in [-0.05, 0) is 73.5 Å². The Balaban J connectivity index is 1.57. The Morgan fingerprint density at radius 3 is 2.42 bits per heavy atom. The molecular weight excluding hydrogens is 336 g/mol. The van der Waals surface area contributed by atoms with Gasteiger partial charge in [-0.2, -0.15) is 4.99 Å². The molecule has 0 atom stereocenters. The number of unbranched alkanes of at least 4 members (excludes halogenated alkanes) is 2. The van der Waals surface area contributed by atoms with Crippen LogP contribution in [0.2, 0.25) is 0 Å². The number of rotatable bonds is 7. The summed E-state index contributed by atoms with van der Waals surface area (Å²) in [7, 11) is 0. The molecule has 1 fully saturated rings. The van der Waals surface area contributed by atoms with Crippen LogP contribution in [0.15, 0.2) is 47.6 Å². The van der Waals surface area contributed by atoms with Gasteiger partial charge in [-0.1, -0.05) is 50.8 Å². The third kappa shape index (κ3) is 5.09. The first kappa shape index (κ1) is 18.9. The highest BCUT2D eigenvalue weighted by molar-refractivity contribution is 7.78. The molecule has 0 N–H and O–H groups in total. The van der Waals surface area contributed by atoms with Gasteiger partial charge in [0.2, 0.25) is 0 Å². The molecule has 1 aliphatic carbocycles. The van der Waals surface area contributed by atoms with E-state index in [4.69, 9.17) is 4.98 Å². The quantitative estimate of drug-likeness (QED) is 0.292. The van der Waals surface area contributed by atoms with Crippen LogP contribution in [0.4, 0.5) is 5.69 Å². The first-order chi connectivity index (χ1) is 12.8. The minimum absolute atomic E-state index is 0.693. The minimum Gasteiger partial charge on any atom is -0.256 e. The number of hydrogen-bond acceptors (Lipinski definition) is 3. The Morgan fingerprint density at radius 1 is 1.04 bits per heavy atom. The predicted molar refractivity (Wildman–Crippen MR) is 113 cm³/mol. The minimum atomic E-state index is 0.693. The zero-order valence-electron chi connectivity index (χ0n) is 15.7. The summed E-state index contributed by atoms with van der Waals surface area (Å²) in [6.07, 6.45) is 13.1. The molecule has 1 aromatic heterocycles. The highest BCUT2D eigenvalue weighted by Crippen LogP contribution is 2.37. The molecule has 26 heavy (non-hydrogen) atoms. The fraction of sp³-hybridized carbons (Fsp3) is 0.478. The SMILES string of the molecule is CCCCCC1CCC(c2ccc(-c3ccc(N=C=S)cc3)nc2)CC1. The van der Waals surface area contributed by atoms with Crippen molar-refractivity contribution in [1.82, 2.24) is 4.98 Å². The Hall–Kier alpha value is -1.83. The van der Waals surface area contributed by atoms with Crippen molar-refractivity contribution in [3.05, 3.63) is 48.2 Å². The number of hydrogen-bond donors (Lipinski definition) is 0. The van der Waals surface area contributed by atoms with Gasteiger partial charge in [0.25, 0.3) is 0 Å². The van der Waals surface area contributed by atoms with Crippen LogP contribution in [0, 0.1) is 5.92 Å². The maximum absolute atomic E-state index is 4.71. The van der Waals surface area contributed by atoms with Crippen molar-refractivity contribution >= 4 is 23.1 Å². The molecule has 2 aromatic rings. The monoisotopic (exact) mass is 364 g/mol. The summed E-state index contributed by atoms with van der Waals surface area (Å²) >= 11 is 4.64. The van der Waals surface area contributed by atoms with Crippen LogP contribution in [0.3, 0.4) is 0 Å². The number of thiocarbonyl (C=S) groups is 1. The van der Waals surface area contributed by atoms with Gasteiger partial charge >= 0.3 is 0 Å². The van der Waals surface area contributed by atoms with Crippen LogP contribution in [0.5, 0.6) is 0 Å². The molecule has 1 aliphatic rings. The lowest BCUT2D eigenvalue weighted by molar-refractivity contribution is 0.302. The van der Waals surface area contributed by atoms with Crippen LogP contribution in [-0.2, 0) is 0 Å². The fourth-order valence-corrected chi connectivity index (χ4v) is 4.15. The van der Waals surface area contributed by atoms with Crippen molar-refractivity contribution in [2.45, 2.75) is 64.2 Å². The summed E-state index contributed by atoms with van der Waals surface area (Å²) in [5, 5.41) is 2.40. The van der Waals surface area contributed by atoms with Crippen molar-refractivity contribution in [2.24, 2.45) is 10.9 Å². The lowest BCUT2D eigenvalue weighted by atomic mass is 9.77. The largest absolute Gasteiger partial charge is 0.256 e. The van der Waals surface area contributed by atoms with Gasteiger partial charge in [-0.25, -0.2) is 0 Å². The molecule has 1 aromatic carbocycles. The number of aliphatic imine (C=N–C) groups is 1. The fourth-order valence-electron chi connectivity index (χ4n) is 4.04. The summed E-state index contributed by atoms with van der Waals surface area (Å²) in [6, 6.07) is 12.4. The van der Waals surface area contributed by atoms with Gasteiger partial charge in [0.05, 0.1) is 16.5 Å². The number of pyridine rings is 1. The Labute approximate surface area is 162 Å². The number of benzene rings is 1. The molecule has 0 saturated heterocycles. The summed E-state index contributed by atoms with van der Waals surface area (Å²) in [4.78, 5) is 8.70. The Morgan fingerprint density at radius 2 is 1.81 bits per heavy atom. The van der Waals surface area contributed by atoms with Crippen LogP contribution < -0.4 is 0 Å². The van der Waals surface area contributed by atoms with Gasteiger partial charge in [-0.3, -0.25) is 4.98 Å². The molecule has 3 heteroatoms. The molecule has 136 valence electrons. The second-order valence-corrected chi connectivity index (χ2v) is 7.62. The number of isothiocyanates is 1. The third-order valence-corrected chi connectivity index (χ3v) is 5.75. The van der Waals surface area contributed by atoms with E-state index in [1.54, 1.807) is 0 Å². The standard InChI is InChI=1S/C23H28N2S/c1-2-3-4-5-18-6-8-19(9-7-18)21-12-15-23(24-16-21)20-10-13-22(14-11-20)25-17-26/h10-16,18-19H,2-9H2,1H3. The average Bonchev–Trinajstić information content (AvgIpc) is 2.70. The average molecular weight is 365 g/mol. The van der Waals surface area contributed by atoms with Gasteiger partial charge in [0.1, 0.15) is 0 Å². The first-order valence-electron chi connectivity index (χ1n) is 9.94. The van der Waals surface area contributed by atoms with Crippen molar-refractivity contribution in [1.29, 1.82) is 0 Å². The lowest BCUT2D eigenvalue weighted by Crippen LogP contribution is -2.13. The van der Waals surface area contributed by atoms with E-state index in [9.17, 15) is 0 Å². The maximum Gasteiger partial charge on any atom is 0.0740 e. The molecule has 0 spiro atoms. The second kappa shape index (κ2) is 9.75. The molecule has 0 aliphatic heterocycles. The van der Waals surface area contributed by atoms with Gasteiger partial charge in [0, 0.05) is 11.8 Å². The normalized spacial score (nSPS) is 19.7. The molecule has 3 rings (SSSR count). The molecule has 1 saturated carbocycles. The second-order valence-electron chi connectivity index (χ2n) is 7.44. The van der Waals surface area contributed by atoms with E-state index in [0.29, 0.717) is 5.92 Å². The lowest BCUT2D eigenvalue weighted by Gasteiger charge is -2.28. The molecule has 2 nitrogen and oxygen atoms in total. The van der Waals surface area contributed by atoms with E-state index in [-0.39, 0.29) is 0 Å². The zero-order chi connectivity index (χ0) is 18.2. The van der Waals surface area contributed by atoms with Crippen LogP contribution in [0.1, 0.15) is 69.8 Å². The summed E-state index contributed by atoms with van der Waals surface area (Å²) in [6.45, 7) is 2.29. The Kier molecular flexibility index (Phi) is 7.11. The summed E-state index contributed by atoms with van der Waals surface area (Å²) in [5.41, 5.74) is 4.36. The maximum atomic E-state index is 4.71. The van der Waals surface area contributed by atoms with E-state index >= 15 is 0 Å². The van der Waals surface area contributed by atoms with Crippen LogP contribution in [0.25, 0.3) is 11.3 Å². The van der Waals surface area contributed by atoms with Crippen LogP contribution in [-0.4, -0.2) is 10.1 Å². The van der Waals surface area contributed by atoms with E-state index in [2.05, 4.69) is 47.6 Å². The topological polar surface area (TPSA) is 25.2 Å². The van der Waals surface area contributed by atoms with Gasteiger partial charge in [-0.15, -0.1) is 0 Å². The van der Waals surface area contributed by atoms with Crippen molar-refractivity contribution in [3.63, 3.8) is 0 Å². The van der Waals surface area contributed by atoms with E-state index in [0.717, 1.165) is 22.9 Å². The van der Waals surface area contributed by atoms with Crippen molar-refractivity contribution in [2.75, 3.05) is 0 Å². The number of aromatic nitrogens is 1. The smallest absolute Gasteiger partial charge is 0.0740 e. The van der Waals surface area contributed by atoms with Gasteiger partial charge < -0.3 is 0 Å². The predicted octanol–water partition coefficient (Wildman–Crippen LogP) is 7.34. The van der Waals surface area contributed by atoms with Crippen molar-refractivity contribution < 1.29 is 0 Å². The van der Waals surface area contributed by atoms with E-state index in [1.165, 1.54) is 56.9 Å². The molecule has 0 bridgehead atoms. The van der Waals surface area contributed by atoms with E-state index < -0.39 is 0 Å². The molecule has 1 heterocycles. The molecule has 0 unspecified atom stereocenters. The summed E-state index contributed by atoms with van der Waals surface area (Å²) < 4.78 is 0.